The number of hydrogen-bond donors (Lipinski definition) is 1. The fraction of sp³-hybridized carbons (Fsp3) is 0.320. The van der Waals surface area contributed by atoms with Crippen molar-refractivity contribution in [3.05, 3.63) is 65.5 Å². The van der Waals surface area contributed by atoms with Gasteiger partial charge in [-0.3, -0.25) is 14.6 Å². The number of ether oxygens (including phenoxy) is 1. The van der Waals surface area contributed by atoms with E-state index < -0.39 is 5.60 Å². The Hall–Kier alpha value is -3.03. The largest absolute Gasteiger partial charge is 0.460 e. The van der Waals surface area contributed by atoms with Crippen LogP contribution < -0.4 is 0 Å². The van der Waals surface area contributed by atoms with Crippen molar-refractivity contribution in [3.8, 4) is 20.9 Å². The summed E-state index contributed by atoms with van der Waals surface area (Å²) < 4.78 is 5.41. The smallest absolute Gasteiger partial charge is 0.310 e. The number of aromatic nitrogens is 1. The van der Waals surface area contributed by atoms with Crippen LogP contribution in [0.25, 0.3) is 20.9 Å². The SMILES string of the molecule is CC(C)(C)OC(=O)Cc1cncc(-c2ccc(-c3ccc4c(c3)CN(CCO)C4=O)s2)c1. The standard InChI is InChI=1S/C25H26N2O4S/c1-25(2,3)31-23(29)11-16-10-18(14-26-13-16)22-7-6-21(32-22)17-4-5-20-19(12-17)15-27(8-9-28)24(20)30/h4-7,10,12-14,28H,8-9,11,15H2,1-3H3. The average molecular weight is 451 g/mol. The van der Waals surface area contributed by atoms with Crippen LogP contribution in [0.4, 0.5) is 0 Å². The molecule has 1 aliphatic heterocycles. The minimum atomic E-state index is -0.514. The molecule has 32 heavy (non-hydrogen) atoms. The van der Waals surface area contributed by atoms with Crippen molar-refractivity contribution in [2.45, 2.75) is 39.3 Å². The van der Waals surface area contributed by atoms with Crippen LogP contribution in [-0.2, 0) is 22.5 Å². The molecular formula is C25H26N2O4S. The summed E-state index contributed by atoms with van der Waals surface area (Å²) in [6, 6.07) is 12.0. The zero-order chi connectivity index (χ0) is 22.9. The number of carbonyl (C=O) groups is 2. The highest BCUT2D eigenvalue weighted by Gasteiger charge is 2.27. The molecule has 0 saturated carbocycles. The highest BCUT2D eigenvalue weighted by molar-refractivity contribution is 7.18. The predicted octanol–water partition coefficient (Wildman–Crippen LogP) is 4.31. The number of aliphatic hydroxyl groups is 1. The highest BCUT2D eigenvalue weighted by atomic mass is 32.1. The van der Waals surface area contributed by atoms with E-state index in [0.717, 1.165) is 32.0 Å². The molecule has 1 aliphatic rings. The number of rotatable bonds is 6. The molecule has 166 valence electrons. The van der Waals surface area contributed by atoms with Crippen LogP contribution >= 0.6 is 11.3 Å². The van der Waals surface area contributed by atoms with Gasteiger partial charge in [-0.1, -0.05) is 6.07 Å². The quantitative estimate of drug-likeness (QED) is 0.566. The second-order valence-corrected chi connectivity index (χ2v) is 9.91. The number of thiophene rings is 1. The van der Waals surface area contributed by atoms with Crippen LogP contribution in [0, 0.1) is 0 Å². The highest BCUT2D eigenvalue weighted by Crippen LogP contribution is 2.36. The maximum Gasteiger partial charge on any atom is 0.310 e. The summed E-state index contributed by atoms with van der Waals surface area (Å²) in [5.41, 5.74) is 3.99. The first-order valence-electron chi connectivity index (χ1n) is 10.5. The molecule has 0 saturated heterocycles. The molecule has 1 amide bonds. The molecule has 4 rings (SSSR count). The molecule has 0 atom stereocenters. The first kappa shape index (κ1) is 22.2. The lowest BCUT2D eigenvalue weighted by Gasteiger charge is -2.19. The van der Waals surface area contributed by atoms with Crippen LogP contribution in [0.3, 0.4) is 0 Å². The number of aliphatic hydroxyl groups excluding tert-OH is 1. The summed E-state index contributed by atoms with van der Waals surface area (Å²) in [6.45, 7) is 6.39. The Morgan fingerprint density at radius 1 is 1.12 bits per heavy atom. The van der Waals surface area contributed by atoms with Crippen molar-refractivity contribution < 1.29 is 19.4 Å². The Kier molecular flexibility index (Phi) is 6.13. The van der Waals surface area contributed by atoms with Crippen LogP contribution in [0.1, 0.15) is 42.3 Å². The van der Waals surface area contributed by atoms with E-state index >= 15 is 0 Å². The lowest BCUT2D eigenvalue weighted by Crippen LogP contribution is -2.26. The topological polar surface area (TPSA) is 79.7 Å². The normalized spacial score (nSPS) is 13.4. The van der Waals surface area contributed by atoms with Gasteiger partial charge >= 0.3 is 5.97 Å². The Morgan fingerprint density at radius 2 is 1.88 bits per heavy atom. The molecule has 0 radical (unpaired) electrons. The van der Waals surface area contributed by atoms with E-state index in [1.54, 1.807) is 28.6 Å². The van der Waals surface area contributed by atoms with Crippen molar-refractivity contribution in [2.75, 3.05) is 13.2 Å². The van der Waals surface area contributed by atoms with Gasteiger partial charge in [0.15, 0.2) is 0 Å². The molecule has 7 heteroatoms. The van der Waals surface area contributed by atoms with Gasteiger partial charge in [-0.25, -0.2) is 0 Å². The zero-order valence-corrected chi connectivity index (χ0v) is 19.2. The van der Waals surface area contributed by atoms with E-state index in [0.29, 0.717) is 18.7 Å². The maximum absolute atomic E-state index is 12.4. The van der Waals surface area contributed by atoms with Gasteiger partial charge in [0.1, 0.15) is 5.60 Å². The molecule has 1 N–H and O–H groups in total. The molecule has 0 spiro atoms. The van der Waals surface area contributed by atoms with Gasteiger partial charge in [0.2, 0.25) is 0 Å². The lowest BCUT2D eigenvalue weighted by molar-refractivity contribution is -0.153. The Bertz CT molecular complexity index is 1160. The number of β-amino-alcohol motifs (C(OH)–C–C–N with tert-alkyl or cyclic N) is 1. The number of benzene rings is 1. The maximum atomic E-state index is 12.4. The fourth-order valence-corrected chi connectivity index (χ4v) is 4.73. The van der Waals surface area contributed by atoms with E-state index in [1.807, 2.05) is 45.0 Å². The third kappa shape index (κ3) is 4.89. The average Bonchev–Trinajstić information content (AvgIpc) is 3.32. The number of carbonyl (C=O) groups excluding carboxylic acids is 2. The van der Waals surface area contributed by atoms with Gasteiger partial charge in [0.05, 0.1) is 13.0 Å². The number of hydrogen-bond acceptors (Lipinski definition) is 6. The summed E-state index contributed by atoms with van der Waals surface area (Å²) in [6.07, 6.45) is 3.67. The van der Waals surface area contributed by atoms with E-state index in [4.69, 9.17) is 9.84 Å². The molecule has 0 fully saturated rings. The van der Waals surface area contributed by atoms with Crippen LogP contribution in [-0.4, -0.2) is 45.6 Å². The van der Waals surface area contributed by atoms with Crippen LogP contribution in [0.15, 0.2) is 48.8 Å². The van der Waals surface area contributed by atoms with E-state index in [1.165, 1.54) is 0 Å². The van der Waals surface area contributed by atoms with Crippen molar-refractivity contribution in [3.63, 3.8) is 0 Å². The molecule has 0 aliphatic carbocycles. The Morgan fingerprint density at radius 3 is 2.59 bits per heavy atom. The Labute approximate surface area is 191 Å². The van der Waals surface area contributed by atoms with Gasteiger partial charge in [0, 0.05) is 46.4 Å². The summed E-state index contributed by atoms with van der Waals surface area (Å²) in [7, 11) is 0. The summed E-state index contributed by atoms with van der Waals surface area (Å²) in [5, 5.41) is 9.16. The van der Waals surface area contributed by atoms with Gasteiger partial charge in [0.25, 0.3) is 5.91 Å². The van der Waals surface area contributed by atoms with Crippen LogP contribution in [0.5, 0.6) is 0 Å². The number of nitrogens with zero attached hydrogens (tertiary/aromatic N) is 2. The second kappa shape index (κ2) is 8.84. The first-order chi connectivity index (χ1) is 15.2. The Balaban J connectivity index is 1.52. The van der Waals surface area contributed by atoms with Gasteiger partial charge in [-0.2, -0.15) is 0 Å². The number of fused-ring (bicyclic) bond motifs is 1. The number of pyridine rings is 1. The number of amides is 1. The lowest BCUT2D eigenvalue weighted by atomic mass is 10.1. The van der Waals surface area contributed by atoms with Crippen molar-refractivity contribution in [1.29, 1.82) is 0 Å². The number of esters is 1. The molecule has 0 bridgehead atoms. The van der Waals surface area contributed by atoms with E-state index in [-0.39, 0.29) is 24.9 Å². The van der Waals surface area contributed by atoms with Crippen LogP contribution in [0.2, 0.25) is 0 Å². The van der Waals surface area contributed by atoms with Crippen molar-refractivity contribution in [1.82, 2.24) is 9.88 Å². The van der Waals surface area contributed by atoms with Gasteiger partial charge in [-0.05, 0) is 67.8 Å². The van der Waals surface area contributed by atoms with Crippen molar-refractivity contribution in [2.24, 2.45) is 0 Å². The fourth-order valence-electron chi connectivity index (χ4n) is 3.75. The third-order valence-electron chi connectivity index (χ3n) is 5.09. The first-order valence-corrected chi connectivity index (χ1v) is 11.3. The summed E-state index contributed by atoms with van der Waals surface area (Å²) >= 11 is 1.64. The monoisotopic (exact) mass is 450 g/mol. The minimum Gasteiger partial charge on any atom is -0.460 e. The van der Waals surface area contributed by atoms with Gasteiger partial charge in [-0.15, -0.1) is 11.3 Å². The molecule has 3 aromatic rings. The van der Waals surface area contributed by atoms with E-state index in [9.17, 15) is 9.59 Å². The third-order valence-corrected chi connectivity index (χ3v) is 6.28. The molecule has 0 unspecified atom stereocenters. The van der Waals surface area contributed by atoms with Crippen molar-refractivity contribution >= 4 is 23.2 Å². The van der Waals surface area contributed by atoms with Gasteiger partial charge < -0.3 is 14.7 Å². The minimum absolute atomic E-state index is 0.0275. The summed E-state index contributed by atoms with van der Waals surface area (Å²) in [4.78, 5) is 32.7. The van der Waals surface area contributed by atoms with E-state index in [2.05, 4.69) is 17.1 Å². The molecule has 1 aromatic carbocycles. The second-order valence-electron chi connectivity index (χ2n) is 8.83. The predicted molar refractivity (Wildman–Crippen MR) is 124 cm³/mol. The molecule has 2 aromatic heterocycles. The molecular weight excluding hydrogens is 424 g/mol. The molecule has 3 heterocycles. The zero-order valence-electron chi connectivity index (χ0n) is 18.4. The summed E-state index contributed by atoms with van der Waals surface area (Å²) in [5.74, 6) is -0.299. The molecule has 6 nitrogen and oxygen atoms in total.